The summed E-state index contributed by atoms with van der Waals surface area (Å²) in [7, 11) is 0. The molecular formula is C23H34N2O2. The first-order valence-corrected chi connectivity index (χ1v) is 10.5. The SMILES string of the molecule is CC(C)(C)CC(=O)N1CCCC1C(=O)N1CCCC(c2ccccc2)CC1. The van der Waals surface area contributed by atoms with Crippen molar-refractivity contribution in [3.05, 3.63) is 35.9 Å². The van der Waals surface area contributed by atoms with Crippen LogP contribution >= 0.6 is 0 Å². The van der Waals surface area contributed by atoms with E-state index in [4.69, 9.17) is 0 Å². The van der Waals surface area contributed by atoms with E-state index in [1.165, 1.54) is 5.56 Å². The topological polar surface area (TPSA) is 40.6 Å². The lowest BCUT2D eigenvalue weighted by Crippen LogP contribution is -2.48. The molecule has 2 aliphatic rings. The Bertz CT molecular complexity index is 650. The molecule has 4 heteroatoms. The summed E-state index contributed by atoms with van der Waals surface area (Å²) >= 11 is 0. The normalized spacial score (nSPS) is 24.0. The Labute approximate surface area is 163 Å². The van der Waals surface area contributed by atoms with Gasteiger partial charge in [-0.1, -0.05) is 51.1 Å². The fraction of sp³-hybridized carbons (Fsp3) is 0.652. The molecule has 27 heavy (non-hydrogen) atoms. The predicted octanol–water partition coefficient (Wildman–Crippen LogP) is 4.21. The third kappa shape index (κ3) is 5.12. The van der Waals surface area contributed by atoms with E-state index in [2.05, 4.69) is 51.1 Å². The number of rotatable bonds is 3. The summed E-state index contributed by atoms with van der Waals surface area (Å²) in [5, 5.41) is 0. The van der Waals surface area contributed by atoms with Crippen LogP contribution in [-0.4, -0.2) is 47.3 Å². The number of hydrogen-bond donors (Lipinski definition) is 0. The number of carbonyl (C=O) groups is 2. The molecule has 1 aromatic carbocycles. The number of amides is 2. The van der Waals surface area contributed by atoms with E-state index in [1.54, 1.807) is 0 Å². The molecule has 0 N–H and O–H groups in total. The molecule has 0 aromatic heterocycles. The van der Waals surface area contributed by atoms with E-state index in [1.807, 2.05) is 9.80 Å². The lowest BCUT2D eigenvalue weighted by Gasteiger charge is -2.31. The molecule has 148 valence electrons. The summed E-state index contributed by atoms with van der Waals surface area (Å²) in [6.07, 6.45) is 5.43. The lowest BCUT2D eigenvalue weighted by atomic mass is 9.91. The molecule has 0 saturated carbocycles. The van der Waals surface area contributed by atoms with Crippen molar-refractivity contribution in [1.29, 1.82) is 0 Å². The van der Waals surface area contributed by atoms with Gasteiger partial charge >= 0.3 is 0 Å². The highest BCUT2D eigenvalue weighted by molar-refractivity contribution is 5.88. The number of likely N-dealkylation sites (tertiary alicyclic amines) is 2. The van der Waals surface area contributed by atoms with E-state index in [0.29, 0.717) is 12.3 Å². The molecule has 2 heterocycles. The summed E-state index contributed by atoms with van der Waals surface area (Å²) in [6, 6.07) is 10.4. The minimum Gasteiger partial charge on any atom is -0.341 e. The van der Waals surface area contributed by atoms with Crippen LogP contribution < -0.4 is 0 Å². The molecule has 0 radical (unpaired) electrons. The highest BCUT2D eigenvalue weighted by atomic mass is 16.2. The number of carbonyl (C=O) groups excluding carboxylic acids is 2. The monoisotopic (exact) mass is 370 g/mol. The summed E-state index contributed by atoms with van der Waals surface area (Å²) in [4.78, 5) is 29.8. The maximum Gasteiger partial charge on any atom is 0.245 e. The van der Waals surface area contributed by atoms with Gasteiger partial charge in [-0.3, -0.25) is 9.59 Å². The van der Waals surface area contributed by atoms with Gasteiger partial charge in [-0.15, -0.1) is 0 Å². The van der Waals surface area contributed by atoms with E-state index in [0.717, 1.165) is 51.7 Å². The molecule has 3 rings (SSSR count). The van der Waals surface area contributed by atoms with E-state index in [-0.39, 0.29) is 23.3 Å². The molecule has 4 nitrogen and oxygen atoms in total. The summed E-state index contributed by atoms with van der Waals surface area (Å²) in [5.74, 6) is 0.838. The van der Waals surface area contributed by atoms with Crippen LogP contribution in [0.5, 0.6) is 0 Å². The van der Waals surface area contributed by atoms with Gasteiger partial charge in [-0.25, -0.2) is 0 Å². The highest BCUT2D eigenvalue weighted by Crippen LogP contribution is 2.30. The van der Waals surface area contributed by atoms with E-state index >= 15 is 0 Å². The molecule has 0 bridgehead atoms. The van der Waals surface area contributed by atoms with Gasteiger partial charge in [0.15, 0.2) is 0 Å². The molecule has 0 spiro atoms. The molecule has 1 aromatic rings. The Morgan fingerprint density at radius 3 is 2.37 bits per heavy atom. The van der Waals surface area contributed by atoms with Crippen molar-refractivity contribution >= 4 is 11.8 Å². The van der Waals surface area contributed by atoms with Crippen LogP contribution in [0.25, 0.3) is 0 Å². The first-order chi connectivity index (χ1) is 12.8. The van der Waals surface area contributed by atoms with Crippen molar-refractivity contribution in [3.8, 4) is 0 Å². The number of hydrogen-bond acceptors (Lipinski definition) is 2. The Kier molecular flexibility index (Phi) is 6.23. The molecule has 2 amide bonds. The van der Waals surface area contributed by atoms with Crippen molar-refractivity contribution in [2.75, 3.05) is 19.6 Å². The molecule has 2 unspecified atom stereocenters. The van der Waals surface area contributed by atoms with Crippen LogP contribution in [0.1, 0.15) is 70.8 Å². The molecular weight excluding hydrogens is 336 g/mol. The first kappa shape index (κ1) is 19.9. The Hall–Kier alpha value is -1.84. The third-order valence-electron chi connectivity index (χ3n) is 5.85. The first-order valence-electron chi connectivity index (χ1n) is 10.5. The van der Waals surface area contributed by atoms with Gasteiger partial charge < -0.3 is 9.80 Å². The van der Waals surface area contributed by atoms with Crippen LogP contribution in [0, 0.1) is 5.41 Å². The van der Waals surface area contributed by atoms with Gasteiger partial charge in [-0.2, -0.15) is 0 Å². The van der Waals surface area contributed by atoms with Crippen molar-refractivity contribution in [1.82, 2.24) is 9.80 Å². The van der Waals surface area contributed by atoms with Gasteiger partial charge in [0.2, 0.25) is 11.8 Å². The van der Waals surface area contributed by atoms with E-state index in [9.17, 15) is 9.59 Å². The van der Waals surface area contributed by atoms with Crippen molar-refractivity contribution in [2.24, 2.45) is 5.41 Å². The van der Waals surface area contributed by atoms with Gasteiger partial charge in [0.05, 0.1) is 0 Å². The van der Waals surface area contributed by atoms with Gasteiger partial charge in [0.1, 0.15) is 6.04 Å². The van der Waals surface area contributed by atoms with Crippen LogP contribution in [0.2, 0.25) is 0 Å². The second-order valence-electron chi connectivity index (χ2n) is 9.35. The second-order valence-corrected chi connectivity index (χ2v) is 9.35. The Balaban J connectivity index is 1.62. The third-order valence-corrected chi connectivity index (χ3v) is 5.85. The van der Waals surface area contributed by atoms with Crippen LogP contribution in [0.3, 0.4) is 0 Å². The smallest absolute Gasteiger partial charge is 0.245 e. The zero-order chi connectivity index (χ0) is 19.4. The standard InChI is InChI=1S/C23H34N2O2/c1-23(2,3)17-21(26)25-15-8-12-20(25)22(27)24-14-7-11-19(13-16-24)18-9-5-4-6-10-18/h4-6,9-10,19-20H,7-8,11-17H2,1-3H3. The molecule has 2 saturated heterocycles. The summed E-state index contributed by atoms with van der Waals surface area (Å²) < 4.78 is 0. The fourth-order valence-electron chi connectivity index (χ4n) is 4.46. The van der Waals surface area contributed by atoms with Crippen molar-refractivity contribution in [2.45, 2.75) is 71.3 Å². The molecule has 2 fully saturated rings. The summed E-state index contributed by atoms with van der Waals surface area (Å²) in [6.45, 7) is 8.59. The van der Waals surface area contributed by atoms with Crippen molar-refractivity contribution in [3.63, 3.8) is 0 Å². The van der Waals surface area contributed by atoms with Gasteiger partial charge in [0, 0.05) is 26.1 Å². The van der Waals surface area contributed by atoms with Crippen LogP contribution in [0.15, 0.2) is 30.3 Å². The zero-order valence-corrected chi connectivity index (χ0v) is 17.1. The number of nitrogens with zero attached hydrogens (tertiary/aromatic N) is 2. The lowest BCUT2D eigenvalue weighted by molar-refractivity contribution is -0.144. The predicted molar refractivity (Wildman–Crippen MR) is 108 cm³/mol. The maximum atomic E-state index is 13.2. The largest absolute Gasteiger partial charge is 0.341 e. The van der Waals surface area contributed by atoms with Gasteiger partial charge in [0.25, 0.3) is 0 Å². The minimum atomic E-state index is -0.242. The fourth-order valence-corrected chi connectivity index (χ4v) is 4.46. The van der Waals surface area contributed by atoms with Gasteiger partial charge in [-0.05, 0) is 49.0 Å². The molecule has 2 aliphatic heterocycles. The van der Waals surface area contributed by atoms with Crippen LogP contribution in [-0.2, 0) is 9.59 Å². The van der Waals surface area contributed by atoms with E-state index < -0.39 is 0 Å². The average molecular weight is 371 g/mol. The maximum absolute atomic E-state index is 13.2. The van der Waals surface area contributed by atoms with Crippen LogP contribution in [0.4, 0.5) is 0 Å². The quantitative estimate of drug-likeness (QED) is 0.800. The van der Waals surface area contributed by atoms with Crippen molar-refractivity contribution < 1.29 is 9.59 Å². The Morgan fingerprint density at radius 2 is 1.67 bits per heavy atom. The second kappa shape index (κ2) is 8.45. The number of benzene rings is 1. The Morgan fingerprint density at radius 1 is 0.963 bits per heavy atom. The zero-order valence-electron chi connectivity index (χ0n) is 17.1. The summed E-state index contributed by atoms with van der Waals surface area (Å²) in [5.41, 5.74) is 1.34. The average Bonchev–Trinajstić information content (AvgIpc) is 2.98. The highest BCUT2D eigenvalue weighted by Gasteiger charge is 2.37. The molecule has 2 atom stereocenters. The molecule has 0 aliphatic carbocycles. The minimum absolute atomic E-state index is 0.0429.